The van der Waals surface area contributed by atoms with Crippen molar-refractivity contribution >= 4 is 12.0 Å². The quantitative estimate of drug-likeness (QED) is 0.658. The highest BCUT2D eigenvalue weighted by Gasteiger charge is 2.42. The van der Waals surface area contributed by atoms with Gasteiger partial charge in [-0.25, -0.2) is 9.59 Å². The highest BCUT2D eigenvalue weighted by molar-refractivity contribution is 5.91. The minimum absolute atomic E-state index is 0.0238. The normalized spacial score (nSPS) is 15.7. The van der Waals surface area contributed by atoms with E-state index in [0.717, 1.165) is 6.42 Å². The minimum atomic E-state index is -1.10. The van der Waals surface area contributed by atoms with Gasteiger partial charge in [0.1, 0.15) is 22.6 Å². The van der Waals surface area contributed by atoms with Crippen LogP contribution < -0.4 is 9.47 Å². The van der Waals surface area contributed by atoms with Crippen LogP contribution in [0.5, 0.6) is 11.5 Å². The first kappa shape index (κ1) is 14.1. The number of carboxylic acid groups (broad SMARTS) is 1. The highest BCUT2D eigenvalue weighted by atomic mass is 16.5. The molecular formula is C14H15NO5. The average molecular weight is 277 g/mol. The number of ether oxygens (including phenoxy) is 2. The molecule has 106 valence electrons. The largest absolute Gasteiger partial charge is 0.496 e. The molecule has 0 amide bonds. The number of hydrogen-bond acceptors (Lipinski definition) is 5. The Bertz CT molecular complexity index is 585. The van der Waals surface area contributed by atoms with E-state index < -0.39 is 11.5 Å². The maximum Gasteiger partial charge on any atom is 0.339 e. The number of rotatable bonds is 5. The van der Waals surface area contributed by atoms with Gasteiger partial charge in [0.25, 0.3) is 0 Å². The molecule has 0 unspecified atom stereocenters. The molecule has 0 atom stereocenters. The number of carbonyl (C=O) groups is 1. The van der Waals surface area contributed by atoms with Gasteiger partial charge in [-0.3, -0.25) is 0 Å². The molecule has 1 aliphatic carbocycles. The average Bonchev–Trinajstić information content (AvgIpc) is 2.41. The van der Waals surface area contributed by atoms with Gasteiger partial charge in [0.15, 0.2) is 0 Å². The predicted octanol–water partition coefficient (Wildman–Crippen LogP) is 2.12. The lowest BCUT2D eigenvalue weighted by Gasteiger charge is -2.38. The zero-order valence-corrected chi connectivity index (χ0v) is 11.3. The second-order valence-corrected chi connectivity index (χ2v) is 4.65. The van der Waals surface area contributed by atoms with E-state index in [4.69, 9.17) is 9.47 Å². The number of carboxylic acids is 1. The van der Waals surface area contributed by atoms with E-state index in [9.17, 15) is 14.7 Å². The van der Waals surface area contributed by atoms with Crippen LogP contribution in [0.15, 0.2) is 17.1 Å². The SMILES string of the molecule is COc1cc(OC)c(C2(N=C=O)CCC2)cc1C(=O)O. The van der Waals surface area contributed by atoms with Gasteiger partial charge in [-0.2, -0.15) is 4.99 Å². The molecule has 0 radical (unpaired) electrons. The lowest BCUT2D eigenvalue weighted by atomic mass is 9.71. The number of hydrogen-bond donors (Lipinski definition) is 1. The predicted molar refractivity (Wildman–Crippen MR) is 70.2 cm³/mol. The fourth-order valence-electron chi connectivity index (χ4n) is 2.47. The lowest BCUT2D eigenvalue weighted by molar-refractivity contribution is 0.0693. The molecule has 0 spiro atoms. The molecule has 6 heteroatoms. The van der Waals surface area contributed by atoms with Crippen LogP contribution in [0.3, 0.4) is 0 Å². The third-order valence-electron chi connectivity index (χ3n) is 3.69. The molecule has 1 N–H and O–H groups in total. The molecule has 1 aliphatic rings. The summed E-state index contributed by atoms with van der Waals surface area (Å²) in [5.41, 5.74) is -0.104. The van der Waals surface area contributed by atoms with Crippen molar-refractivity contribution < 1.29 is 24.2 Å². The van der Waals surface area contributed by atoms with Crippen molar-refractivity contribution in [1.82, 2.24) is 0 Å². The van der Waals surface area contributed by atoms with Crippen LogP contribution in [0.25, 0.3) is 0 Å². The van der Waals surface area contributed by atoms with Crippen LogP contribution in [-0.2, 0) is 10.3 Å². The topological polar surface area (TPSA) is 85.2 Å². The van der Waals surface area contributed by atoms with Crippen molar-refractivity contribution in [3.05, 3.63) is 23.3 Å². The van der Waals surface area contributed by atoms with Crippen molar-refractivity contribution in [3.8, 4) is 11.5 Å². The van der Waals surface area contributed by atoms with Crippen LogP contribution in [0.1, 0.15) is 35.2 Å². The Balaban J connectivity index is 2.65. The van der Waals surface area contributed by atoms with Crippen LogP contribution in [0.4, 0.5) is 0 Å². The zero-order chi connectivity index (χ0) is 14.8. The van der Waals surface area contributed by atoms with Gasteiger partial charge in [-0.1, -0.05) is 0 Å². The summed E-state index contributed by atoms with van der Waals surface area (Å²) < 4.78 is 10.3. The smallest absolute Gasteiger partial charge is 0.339 e. The molecule has 2 rings (SSSR count). The molecule has 0 bridgehead atoms. The van der Waals surface area contributed by atoms with Crippen LogP contribution in [0, 0.1) is 0 Å². The second-order valence-electron chi connectivity index (χ2n) is 4.65. The van der Waals surface area contributed by atoms with Gasteiger partial charge < -0.3 is 14.6 Å². The van der Waals surface area contributed by atoms with Crippen LogP contribution in [-0.4, -0.2) is 31.4 Å². The number of nitrogens with zero attached hydrogens (tertiary/aromatic N) is 1. The van der Waals surface area contributed by atoms with Gasteiger partial charge >= 0.3 is 5.97 Å². The maximum atomic E-state index is 11.3. The van der Waals surface area contributed by atoms with Crippen molar-refractivity contribution in [3.63, 3.8) is 0 Å². The van der Waals surface area contributed by atoms with E-state index >= 15 is 0 Å². The summed E-state index contributed by atoms with van der Waals surface area (Å²) in [7, 11) is 2.87. The highest BCUT2D eigenvalue weighted by Crippen LogP contribution is 2.49. The lowest BCUT2D eigenvalue weighted by Crippen LogP contribution is -2.32. The number of carbonyl (C=O) groups excluding carboxylic acids is 1. The summed E-state index contributed by atoms with van der Waals surface area (Å²) in [6, 6.07) is 2.99. The van der Waals surface area contributed by atoms with Gasteiger partial charge in [0, 0.05) is 11.6 Å². The Morgan fingerprint density at radius 1 is 1.30 bits per heavy atom. The number of methoxy groups -OCH3 is 2. The van der Waals surface area contributed by atoms with E-state index in [1.165, 1.54) is 26.4 Å². The monoisotopic (exact) mass is 277 g/mol. The van der Waals surface area contributed by atoms with E-state index in [-0.39, 0.29) is 11.3 Å². The molecule has 1 fully saturated rings. The number of aromatic carboxylic acids is 1. The molecular weight excluding hydrogens is 262 g/mol. The van der Waals surface area contributed by atoms with Gasteiger partial charge in [-0.15, -0.1) is 0 Å². The Labute approximate surface area is 116 Å². The van der Waals surface area contributed by atoms with E-state index in [2.05, 4.69) is 4.99 Å². The molecule has 20 heavy (non-hydrogen) atoms. The molecule has 1 aromatic rings. The first-order valence-electron chi connectivity index (χ1n) is 6.17. The summed E-state index contributed by atoms with van der Waals surface area (Å²) in [5.74, 6) is -0.427. The van der Waals surface area contributed by atoms with Crippen molar-refractivity contribution in [2.75, 3.05) is 14.2 Å². The van der Waals surface area contributed by atoms with Crippen LogP contribution in [0.2, 0.25) is 0 Å². The van der Waals surface area contributed by atoms with Gasteiger partial charge in [0.2, 0.25) is 6.08 Å². The number of aliphatic imine (C=N–C) groups is 1. The summed E-state index contributed by atoms with van der Waals surface area (Å²) >= 11 is 0. The molecule has 0 aromatic heterocycles. The zero-order valence-electron chi connectivity index (χ0n) is 11.3. The Hall–Kier alpha value is -2.33. The Kier molecular flexibility index (Phi) is 3.77. The van der Waals surface area contributed by atoms with Crippen molar-refractivity contribution in [2.24, 2.45) is 4.99 Å². The standard InChI is InChI=1S/C14H15NO5/c1-19-11-7-12(20-2)10(6-9(11)13(17)18)14(15-8-16)4-3-5-14/h6-7H,3-5H2,1-2H3,(H,17,18). The molecule has 1 aromatic carbocycles. The summed E-state index contributed by atoms with van der Waals surface area (Å²) in [5, 5.41) is 9.24. The fourth-order valence-corrected chi connectivity index (χ4v) is 2.47. The van der Waals surface area contributed by atoms with E-state index in [0.29, 0.717) is 24.2 Å². The number of benzene rings is 1. The van der Waals surface area contributed by atoms with E-state index in [1.807, 2.05) is 0 Å². The van der Waals surface area contributed by atoms with Crippen molar-refractivity contribution in [1.29, 1.82) is 0 Å². The molecule has 6 nitrogen and oxygen atoms in total. The maximum absolute atomic E-state index is 11.3. The number of isocyanates is 1. The van der Waals surface area contributed by atoms with Gasteiger partial charge in [0.05, 0.1) is 14.2 Å². The molecule has 0 aliphatic heterocycles. The molecule has 1 saturated carbocycles. The summed E-state index contributed by atoms with van der Waals surface area (Å²) in [6.07, 6.45) is 3.84. The molecule has 0 heterocycles. The fraction of sp³-hybridized carbons (Fsp3) is 0.429. The van der Waals surface area contributed by atoms with E-state index in [1.54, 1.807) is 6.08 Å². The Morgan fingerprint density at radius 2 is 1.95 bits per heavy atom. The first-order chi connectivity index (χ1) is 9.57. The van der Waals surface area contributed by atoms with Gasteiger partial charge in [-0.05, 0) is 25.3 Å². The summed E-state index contributed by atoms with van der Waals surface area (Å²) in [4.78, 5) is 25.8. The van der Waals surface area contributed by atoms with Crippen molar-refractivity contribution in [2.45, 2.75) is 24.8 Å². The Morgan fingerprint density at radius 3 is 2.35 bits per heavy atom. The minimum Gasteiger partial charge on any atom is -0.496 e. The second kappa shape index (κ2) is 5.35. The third kappa shape index (κ3) is 2.14. The molecule has 0 saturated heterocycles. The first-order valence-corrected chi connectivity index (χ1v) is 6.17. The summed E-state index contributed by atoms with van der Waals surface area (Å²) in [6.45, 7) is 0. The van der Waals surface area contributed by atoms with Crippen LogP contribution >= 0.6 is 0 Å². The third-order valence-corrected chi connectivity index (χ3v) is 3.69.